The third-order valence-electron chi connectivity index (χ3n) is 3.17. The number of rotatable bonds is 1. The van der Waals surface area contributed by atoms with Crippen molar-refractivity contribution in [2.24, 2.45) is 0 Å². The van der Waals surface area contributed by atoms with Crippen LogP contribution >= 0.6 is 0 Å². The van der Waals surface area contributed by atoms with E-state index in [-0.39, 0.29) is 5.88 Å². The molecule has 0 saturated carbocycles. The van der Waals surface area contributed by atoms with Crippen molar-refractivity contribution in [3.8, 4) is 11.9 Å². The summed E-state index contributed by atoms with van der Waals surface area (Å²) in [6.07, 6.45) is 1.86. The maximum atomic E-state index is 9.68. The van der Waals surface area contributed by atoms with Gasteiger partial charge in [-0.3, -0.25) is 0 Å². The van der Waals surface area contributed by atoms with Crippen LogP contribution in [0.25, 0.3) is 11.0 Å². The SMILES string of the molecule is Oc1nc(O)c2nc(C3CCOCC3)ccc2n1. The first kappa shape index (κ1) is 11.2. The fraction of sp³-hybridized carbons (Fsp3) is 0.417. The summed E-state index contributed by atoms with van der Waals surface area (Å²) in [7, 11) is 0. The molecular formula is C12H13N3O3. The molecular weight excluding hydrogens is 234 g/mol. The Bertz CT molecular complexity index is 582. The van der Waals surface area contributed by atoms with Crippen LogP contribution in [-0.4, -0.2) is 38.4 Å². The number of hydrogen-bond donors (Lipinski definition) is 2. The second-order valence-electron chi connectivity index (χ2n) is 4.34. The summed E-state index contributed by atoms with van der Waals surface area (Å²) in [5.41, 5.74) is 1.68. The summed E-state index contributed by atoms with van der Waals surface area (Å²) in [5, 5.41) is 18.9. The van der Waals surface area contributed by atoms with Gasteiger partial charge in [0.2, 0.25) is 5.88 Å². The van der Waals surface area contributed by atoms with Crippen molar-refractivity contribution in [2.75, 3.05) is 13.2 Å². The predicted molar refractivity (Wildman–Crippen MR) is 63.5 cm³/mol. The number of nitrogens with zero attached hydrogens (tertiary/aromatic N) is 3. The van der Waals surface area contributed by atoms with Gasteiger partial charge in [0.05, 0.1) is 5.52 Å². The van der Waals surface area contributed by atoms with Gasteiger partial charge >= 0.3 is 6.01 Å². The molecule has 0 radical (unpaired) electrons. The second kappa shape index (κ2) is 4.38. The Balaban J connectivity index is 2.04. The molecule has 6 nitrogen and oxygen atoms in total. The zero-order valence-electron chi connectivity index (χ0n) is 9.70. The smallest absolute Gasteiger partial charge is 0.317 e. The molecule has 2 aromatic rings. The quantitative estimate of drug-likeness (QED) is 0.790. The molecule has 0 bridgehead atoms. The highest BCUT2D eigenvalue weighted by atomic mass is 16.5. The van der Waals surface area contributed by atoms with E-state index in [0.717, 1.165) is 31.7 Å². The third-order valence-corrected chi connectivity index (χ3v) is 3.17. The largest absolute Gasteiger partial charge is 0.492 e. The first-order valence-corrected chi connectivity index (χ1v) is 5.88. The first-order chi connectivity index (χ1) is 8.74. The Morgan fingerprint density at radius 2 is 1.83 bits per heavy atom. The third kappa shape index (κ3) is 1.95. The fourth-order valence-corrected chi connectivity index (χ4v) is 2.22. The molecule has 18 heavy (non-hydrogen) atoms. The molecule has 6 heteroatoms. The molecule has 1 aliphatic rings. The second-order valence-corrected chi connectivity index (χ2v) is 4.34. The summed E-state index contributed by atoms with van der Waals surface area (Å²) in [5.74, 6) is 0.0581. The molecule has 3 rings (SSSR count). The van der Waals surface area contributed by atoms with Gasteiger partial charge in [0.1, 0.15) is 0 Å². The van der Waals surface area contributed by atoms with E-state index in [1.54, 1.807) is 6.07 Å². The minimum absolute atomic E-state index is 0.286. The molecule has 0 aliphatic carbocycles. The normalized spacial score (nSPS) is 17.1. The van der Waals surface area contributed by atoms with Gasteiger partial charge in [-0.25, -0.2) is 4.98 Å². The van der Waals surface area contributed by atoms with E-state index >= 15 is 0 Å². The first-order valence-electron chi connectivity index (χ1n) is 5.88. The molecule has 0 amide bonds. The summed E-state index contributed by atoms with van der Waals surface area (Å²) in [6, 6.07) is 3.18. The number of hydrogen-bond acceptors (Lipinski definition) is 6. The van der Waals surface area contributed by atoms with Crippen LogP contribution in [0, 0.1) is 0 Å². The Morgan fingerprint density at radius 1 is 1.06 bits per heavy atom. The minimum atomic E-state index is -0.444. The summed E-state index contributed by atoms with van der Waals surface area (Å²) in [6.45, 7) is 1.48. The molecule has 3 heterocycles. The Kier molecular flexibility index (Phi) is 2.71. The lowest BCUT2D eigenvalue weighted by molar-refractivity contribution is 0.0845. The van der Waals surface area contributed by atoms with E-state index in [0.29, 0.717) is 17.0 Å². The topological polar surface area (TPSA) is 88.4 Å². The van der Waals surface area contributed by atoms with Crippen molar-refractivity contribution in [1.82, 2.24) is 15.0 Å². The molecule has 0 atom stereocenters. The minimum Gasteiger partial charge on any atom is -0.492 e. The van der Waals surface area contributed by atoms with E-state index < -0.39 is 6.01 Å². The summed E-state index contributed by atoms with van der Waals surface area (Å²) in [4.78, 5) is 11.7. The van der Waals surface area contributed by atoms with Gasteiger partial charge < -0.3 is 14.9 Å². The molecule has 1 aliphatic heterocycles. The van der Waals surface area contributed by atoms with Gasteiger partial charge in [-0.15, -0.1) is 0 Å². The van der Waals surface area contributed by atoms with Crippen LogP contribution in [0.4, 0.5) is 0 Å². The van der Waals surface area contributed by atoms with Crippen LogP contribution in [0.5, 0.6) is 11.9 Å². The van der Waals surface area contributed by atoms with Gasteiger partial charge in [0.15, 0.2) is 5.52 Å². The molecule has 0 aromatic carbocycles. The number of fused-ring (bicyclic) bond motifs is 1. The molecule has 0 spiro atoms. The van der Waals surface area contributed by atoms with Crippen molar-refractivity contribution < 1.29 is 14.9 Å². The zero-order chi connectivity index (χ0) is 12.5. The Labute approximate surface area is 103 Å². The maximum absolute atomic E-state index is 9.68. The van der Waals surface area contributed by atoms with Gasteiger partial charge in [0.25, 0.3) is 0 Å². The molecule has 0 unspecified atom stereocenters. The van der Waals surface area contributed by atoms with Gasteiger partial charge in [-0.2, -0.15) is 9.97 Å². The number of ether oxygens (including phenoxy) is 1. The van der Waals surface area contributed by atoms with Crippen molar-refractivity contribution in [3.63, 3.8) is 0 Å². The Hall–Kier alpha value is -1.95. The van der Waals surface area contributed by atoms with Crippen LogP contribution in [0.15, 0.2) is 12.1 Å². The van der Waals surface area contributed by atoms with E-state index in [4.69, 9.17) is 4.74 Å². The van der Waals surface area contributed by atoms with Crippen LogP contribution < -0.4 is 0 Å². The average Bonchev–Trinajstić information content (AvgIpc) is 2.39. The van der Waals surface area contributed by atoms with E-state index in [1.165, 1.54) is 0 Å². The summed E-state index contributed by atoms with van der Waals surface area (Å²) < 4.78 is 5.31. The molecule has 2 aromatic heterocycles. The maximum Gasteiger partial charge on any atom is 0.317 e. The number of pyridine rings is 1. The van der Waals surface area contributed by atoms with Gasteiger partial charge in [0, 0.05) is 24.8 Å². The van der Waals surface area contributed by atoms with Gasteiger partial charge in [-0.1, -0.05) is 0 Å². The standard InChI is InChI=1S/C12H13N3O3/c16-11-10-9(14-12(17)15-11)2-1-8(13-10)7-3-5-18-6-4-7/h1-2,7H,3-6H2,(H2,14,15,16,17). The van der Waals surface area contributed by atoms with Crippen molar-refractivity contribution in [2.45, 2.75) is 18.8 Å². The number of aromatic nitrogens is 3. The lowest BCUT2D eigenvalue weighted by Crippen LogP contribution is -2.15. The van der Waals surface area contributed by atoms with Crippen LogP contribution in [0.3, 0.4) is 0 Å². The van der Waals surface area contributed by atoms with Crippen LogP contribution in [0.1, 0.15) is 24.5 Å². The zero-order valence-corrected chi connectivity index (χ0v) is 9.70. The van der Waals surface area contributed by atoms with Crippen LogP contribution in [0.2, 0.25) is 0 Å². The van der Waals surface area contributed by atoms with E-state index in [9.17, 15) is 10.2 Å². The molecule has 94 valence electrons. The van der Waals surface area contributed by atoms with E-state index in [2.05, 4.69) is 15.0 Å². The van der Waals surface area contributed by atoms with Crippen LogP contribution in [-0.2, 0) is 4.74 Å². The van der Waals surface area contributed by atoms with Crippen molar-refractivity contribution >= 4 is 11.0 Å². The fourth-order valence-electron chi connectivity index (χ4n) is 2.22. The monoisotopic (exact) mass is 247 g/mol. The predicted octanol–water partition coefficient (Wildman–Crippen LogP) is 1.33. The summed E-state index contributed by atoms with van der Waals surface area (Å²) >= 11 is 0. The molecule has 2 N–H and O–H groups in total. The van der Waals surface area contributed by atoms with Gasteiger partial charge in [-0.05, 0) is 25.0 Å². The van der Waals surface area contributed by atoms with Crippen molar-refractivity contribution in [1.29, 1.82) is 0 Å². The van der Waals surface area contributed by atoms with Crippen molar-refractivity contribution in [3.05, 3.63) is 17.8 Å². The molecule has 1 fully saturated rings. The van der Waals surface area contributed by atoms with E-state index in [1.807, 2.05) is 6.07 Å². The highest BCUT2D eigenvalue weighted by molar-refractivity contribution is 5.79. The Morgan fingerprint density at radius 3 is 2.61 bits per heavy atom. The average molecular weight is 247 g/mol. The highest BCUT2D eigenvalue weighted by Gasteiger charge is 2.18. The molecule has 1 saturated heterocycles. The lowest BCUT2D eigenvalue weighted by atomic mass is 9.96. The lowest BCUT2D eigenvalue weighted by Gasteiger charge is -2.21. The number of aromatic hydroxyl groups is 2. The highest BCUT2D eigenvalue weighted by Crippen LogP contribution is 2.28.